The lowest BCUT2D eigenvalue weighted by Crippen LogP contribution is -2.01. The summed E-state index contributed by atoms with van der Waals surface area (Å²) in [5, 5.41) is 8.87. The summed E-state index contributed by atoms with van der Waals surface area (Å²) >= 11 is 0. The fraction of sp³-hybridized carbons (Fsp3) is 0.0625. The third-order valence-corrected chi connectivity index (χ3v) is 2.75. The number of hydrogen-bond donors (Lipinski definition) is 1. The van der Waals surface area contributed by atoms with Gasteiger partial charge in [0.25, 0.3) is 0 Å². The Labute approximate surface area is 111 Å². The van der Waals surface area contributed by atoms with Crippen molar-refractivity contribution in [3.8, 4) is 11.1 Å². The molecule has 0 aromatic heterocycles. The zero-order valence-corrected chi connectivity index (χ0v) is 10.5. The van der Waals surface area contributed by atoms with Gasteiger partial charge in [0, 0.05) is 0 Å². The van der Waals surface area contributed by atoms with E-state index in [0.29, 0.717) is 0 Å². The Morgan fingerprint density at radius 3 is 2.11 bits per heavy atom. The van der Waals surface area contributed by atoms with Gasteiger partial charge in [0.2, 0.25) is 5.76 Å². The minimum absolute atomic E-state index is 0.0764. The van der Waals surface area contributed by atoms with Gasteiger partial charge in [-0.3, -0.25) is 0 Å². The average Bonchev–Trinajstić information content (AvgIpc) is 2.46. The number of aliphatic carboxylic acids is 1. The average molecular weight is 254 g/mol. The highest BCUT2D eigenvalue weighted by Gasteiger charge is 2.06. The van der Waals surface area contributed by atoms with E-state index in [4.69, 9.17) is 9.84 Å². The molecule has 0 radical (unpaired) electrons. The maximum absolute atomic E-state index is 10.8. The molecule has 0 aliphatic carbocycles. The quantitative estimate of drug-likeness (QED) is 0.671. The number of ether oxygens (including phenoxy) is 1. The normalized spacial score (nSPS) is 11.1. The largest absolute Gasteiger partial charge is 0.490 e. The Kier molecular flexibility index (Phi) is 3.98. The summed E-state index contributed by atoms with van der Waals surface area (Å²) < 4.78 is 4.79. The number of carbonyl (C=O) groups is 1. The van der Waals surface area contributed by atoms with E-state index >= 15 is 0 Å². The lowest BCUT2D eigenvalue weighted by molar-refractivity contribution is -0.135. The van der Waals surface area contributed by atoms with Crippen molar-refractivity contribution in [3.05, 3.63) is 65.9 Å². The Morgan fingerprint density at radius 2 is 1.58 bits per heavy atom. The van der Waals surface area contributed by atoms with E-state index in [1.54, 1.807) is 0 Å². The van der Waals surface area contributed by atoms with E-state index in [0.717, 1.165) is 16.7 Å². The smallest absolute Gasteiger partial charge is 0.371 e. The first-order chi connectivity index (χ1) is 9.20. The number of carboxylic acids is 1. The molecule has 2 rings (SSSR count). The first-order valence-electron chi connectivity index (χ1n) is 5.85. The van der Waals surface area contributed by atoms with Crippen molar-refractivity contribution >= 4 is 12.0 Å². The zero-order chi connectivity index (χ0) is 13.7. The van der Waals surface area contributed by atoms with Crippen LogP contribution in [0.1, 0.15) is 5.56 Å². The molecule has 96 valence electrons. The van der Waals surface area contributed by atoms with Gasteiger partial charge in [0.1, 0.15) is 0 Å². The van der Waals surface area contributed by atoms with Crippen molar-refractivity contribution < 1.29 is 14.6 Å². The number of benzene rings is 2. The van der Waals surface area contributed by atoms with Gasteiger partial charge in [-0.05, 0) is 22.8 Å². The fourth-order valence-corrected chi connectivity index (χ4v) is 1.76. The van der Waals surface area contributed by atoms with Crippen molar-refractivity contribution in [1.29, 1.82) is 0 Å². The molecule has 0 unspecified atom stereocenters. The Balaban J connectivity index is 2.27. The van der Waals surface area contributed by atoms with E-state index in [9.17, 15) is 4.79 Å². The van der Waals surface area contributed by atoms with Crippen molar-refractivity contribution in [2.75, 3.05) is 7.11 Å². The molecule has 0 atom stereocenters. The van der Waals surface area contributed by atoms with Gasteiger partial charge in [-0.2, -0.15) is 0 Å². The van der Waals surface area contributed by atoms with Gasteiger partial charge in [-0.25, -0.2) is 4.79 Å². The topological polar surface area (TPSA) is 46.5 Å². The third kappa shape index (κ3) is 3.22. The second-order valence-electron chi connectivity index (χ2n) is 4.01. The second kappa shape index (κ2) is 5.87. The maximum atomic E-state index is 10.8. The van der Waals surface area contributed by atoms with E-state index in [1.165, 1.54) is 13.2 Å². The van der Waals surface area contributed by atoms with Crippen LogP contribution >= 0.6 is 0 Å². The molecule has 0 saturated heterocycles. The molecular formula is C16H14O3. The van der Waals surface area contributed by atoms with E-state index in [1.807, 2.05) is 54.6 Å². The van der Waals surface area contributed by atoms with E-state index < -0.39 is 5.97 Å². The lowest BCUT2D eigenvalue weighted by Gasteiger charge is -2.03. The van der Waals surface area contributed by atoms with Gasteiger partial charge in [-0.15, -0.1) is 0 Å². The number of methoxy groups -OCH3 is 1. The summed E-state index contributed by atoms with van der Waals surface area (Å²) in [5.74, 6) is -1.15. The zero-order valence-electron chi connectivity index (χ0n) is 10.5. The van der Waals surface area contributed by atoms with Gasteiger partial charge in [0.05, 0.1) is 7.11 Å². The minimum Gasteiger partial charge on any atom is -0.490 e. The number of hydrogen-bond acceptors (Lipinski definition) is 2. The van der Waals surface area contributed by atoms with Crippen LogP contribution in [0.15, 0.2) is 60.4 Å². The summed E-state index contributed by atoms with van der Waals surface area (Å²) in [6.45, 7) is 0. The summed E-state index contributed by atoms with van der Waals surface area (Å²) in [5.41, 5.74) is 3.01. The molecule has 0 heterocycles. The first kappa shape index (κ1) is 12.9. The van der Waals surface area contributed by atoms with Crippen LogP contribution in [0, 0.1) is 0 Å². The van der Waals surface area contributed by atoms with Crippen LogP contribution < -0.4 is 0 Å². The second-order valence-corrected chi connectivity index (χ2v) is 4.01. The van der Waals surface area contributed by atoms with Gasteiger partial charge in [0.15, 0.2) is 0 Å². The fourth-order valence-electron chi connectivity index (χ4n) is 1.76. The number of carboxylic acid groups (broad SMARTS) is 1. The standard InChI is InChI=1S/C16H14O3/c1-19-15(16(17)18)11-12-7-9-14(10-8-12)13-5-3-2-4-6-13/h2-11H,1H3,(H,17,18). The third-order valence-electron chi connectivity index (χ3n) is 2.75. The van der Waals surface area contributed by atoms with Crippen molar-refractivity contribution in [2.45, 2.75) is 0 Å². The summed E-state index contributed by atoms with van der Waals surface area (Å²) in [7, 11) is 1.35. The van der Waals surface area contributed by atoms with Crippen LogP contribution in [0.5, 0.6) is 0 Å². The monoisotopic (exact) mass is 254 g/mol. The van der Waals surface area contributed by atoms with Crippen LogP contribution in [0.25, 0.3) is 17.2 Å². The van der Waals surface area contributed by atoms with Crippen LogP contribution in [0.4, 0.5) is 0 Å². The molecule has 3 nitrogen and oxygen atoms in total. The SMILES string of the molecule is COC(=Cc1ccc(-c2ccccc2)cc1)C(=O)O. The number of rotatable bonds is 4. The van der Waals surface area contributed by atoms with Crippen molar-refractivity contribution in [3.63, 3.8) is 0 Å². The molecule has 0 saturated carbocycles. The molecule has 0 bridgehead atoms. The minimum atomic E-state index is -1.07. The summed E-state index contributed by atoms with van der Waals surface area (Å²) in [4.78, 5) is 10.8. The van der Waals surface area contributed by atoms with E-state index in [2.05, 4.69) is 0 Å². The molecule has 19 heavy (non-hydrogen) atoms. The molecule has 2 aromatic carbocycles. The molecule has 2 aromatic rings. The molecule has 0 aliphatic rings. The van der Waals surface area contributed by atoms with Crippen molar-refractivity contribution in [2.24, 2.45) is 0 Å². The molecule has 0 spiro atoms. The molecule has 1 N–H and O–H groups in total. The van der Waals surface area contributed by atoms with Crippen LogP contribution in [0.2, 0.25) is 0 Å². The molecule has 3 heteroatoms. The van der Waals surface area contributed by atoms with E-state index in [-0.39, 0.29) is 5.76 Å². The highest BCUT2D eigenvalue weighted by Crippen LogP contribution is 2.20. The highest BCUT2D eigenvalue weighted by molar-refractivity contribution is 5.89. The predicted molar refractivity (Wildman–Crippen MR) is 74.5 cm³/mol. The van der Waals surface area contributed by atoms with Gasteiger partial charge in [-0.1, -0.05) is 54.6 Å². The van der Waals surface area contributed by atoms with Crippen molar-refractivity contribution in [1.82, 2.24) is 0 Å². The lowest BCUT2D eigenvalue weighted by atomic mass is 10.0. The Morgan fingerprint density at radius 1 is 1.00 bits per heavy atom. The van der Waals surface area contributed by atoms with Crippen LogP contribution in [0.3, 0.4) is 0 Å². The van der Waals surface area contributed by atoms with Gasteiger partial charge < -0.3 is 9.84 Å². The summed E-state index contributed by atoms with van der Waals surface area (Å²) in [6.07, 6.45) is 1.50. The Hall–Kier alpha value is -2.55. The Bertz CT molecular complexity index is 583. The van der Waals surface area contributed by atoms with Crippen LogP contribution in [-0.2, 0) is 9.53 Å². The predicted octanol–water partition coefficient (Wildman–Crippen LogP) is 3.43. The molecule has 0 fully saturated rings. The first-order valence-corrected chi connectivity index (χ1v) is 5.85. The van der Waals surface area contributed by atoms with Crippen LogP contribution in [-0.4, -0.2) is 18.2 Å². The van der Waals surface area contributed by atoms with Gasteiger partial charge >= 0.3 is 5.97 Å². The summed E-state index contributed by atoms with van der Waals surface area (Å²) in [6, 6.07) is 17.6. The molecule has 0 aliphatic heterocycles. The maximum Gasteiger partial charge on any atom is 0.371 e. The highest BCUT2D eigenvalue weighted by atomic mass is 16.5. The molecule has 0 amide bonds. The molecular weight excluding hydrogens is 240 g/mol.